The molecule has 0 aliphatic heterocycles. The van der Waals surface area contributed by atoms with Crippen molar-refractivity contribution in [2.75, 3.05) is 0 Å². The van der Waals surface area contributed by atoms with Crippen molar-refractivity contribution in [2.45, 2.75) is 6.92 Å². The van der Waals surface area contributed by atoms with Gasteiger partial charge in [0.1, 0.15) is 5.75 Å². The van der Waals surface area contributed by atoms with E-state index in [1.807, 2.05) is 0 Å². The second-order valence-electron chi connectivity index (χ2n) is 2.74. The van der Waals surface area contributed by atoms with Crippen molar-refractivity contribution in [3.8, 4) is 5.75 Å². The molecule has 1 aromatic rings. The number of nitrogens with zero attached hydrogens (tertiary/aromatic N) is 1. The second kappa shape index (κ2) is 4.27. The second-order valence-corrected chi connectivity index (χ2v) is 2.74. The molecule has 74 valence electrons. The number of para-hydroxylation sites is 1. The van der Waals surface area contributed by atoms with E-state index in [0.29, 0.717) is 11.3 Å². The first-order valence-electron chi connectivity index (χ1n) is 4.04. The summed E-state index contributed by atoms with van der Waals surface area (Å²) >= 11 is 0. The van der Waals surface area contributed by atoms with E-state index in [1.165, 1.54) is 0 Å². The summed E-state index contributed by atoms with van der Waals surface area (Å²) < 4.78 is 0. The van der Waals surface area contributed by atoms with Crippen LogP contribution in [0.25, 0.3) is 0 Å². The number of hydrazone groups is 1. The first kappa shape index (κ1) is 10.0. The minimum atomic E-state index is -0.236. The van der Waals surface area contributed by atoms with Crippen molar-refractivity contribution >= 4 is 11.7 Å². The van der Waals surface area contributed by atoms with Gasteiger partial charge >= 0.3 is 0 Å². The standard InChI is InChI=1S/C9H12N4O/c1-6(12-13-9(10)11)7-4-2-3-5-8(7)14/h2-5,14H,1H3,(H4,10,11,13)/b12-6-. The number of nitrogens with two attached hydrogens (primary N) is 1. The van der Waals surface area contributed by atoms with E-state index < -0.39 is 0 Å². The number of rotatable bonds is 2. The summed E-state index contributed by atoms with van der Waals surface area (Å²) in [5.41, 5.74) is 8.55. The molecule has 0 heterocycles. The lowest BCUT2D eigenvalue weighted by molar-refractivity contribution is 0.474. The Bertz CT molecular complexity index is 373. The Morgan fingerprint density at radius 2 is 2.14 bits per heavy atom. The zero-order valence-corrected chi connectivity index (χ0v) is 7.78. The van der Waals surface area contributed by atoms with Crippen LogP contribution in [-0.4, -0.2) is 16.8 Å². The summed E-state index contributed by atoms with van der Waals surface area (Å²) in [7, 11) is 0. The molecule has 0 aliphatic carbocycles. The molecule has 0 bridgehead atoms. The van der Waals surface area contributed by atoms with Gasteiger partial charge in [-0.25, -0.2) is 5.43 Å². The fourth-order valence-corrected chi connectivity index (χ4v) is 0.984. The quantitative estimate of drug-likeness (QED) is 0.314. The molecule has 1 aromatic carbocycles. The van der Waals surface area contributed by atoms with Crippen molar-refractivity contribution in [1.29, 1.82) is 5.41 Å². The predicted molar refractivity (Wildman–Crippen MR) is 55.4 cm³/mol. The van der Waals surface area contributed by atoms with Crippen molar-refractivity contribution in [3.05, 3.63) is 29.8 Å². The normalized spacial score (nSPS) is 11.1. The van der Waals surface area contributed by atoms with Gasteiger partial charge in [0.15, 0.2) is 0 Å². The summed E-state index contributed by atoms with van der Waals surface area (Å²) in [6.07, 6.45) is 0. The third-order valence-electron chi connectivity index (χ3n) is 1.64. The first-order chi connectivity index (χ1) is 6.61. The highest BCUT2D eigenvalue weighted by molar-refractivity contribution is 6.01. The number of hydrogen-bond acceptors (Lipinski definition) is 3. The number of aromatic hydroxyl groups is 1. The van der Waals surface area contributed by atoms with Gasteiger partial charge in [-0.05, 0) is 19.1 Å². The van der Waals surface area contributed by atoms with Crippen LogP contribution in [0.4, 0.5) is 0 Å². The number of phenols is 1. The Hall–Kier alpha value is -2.04. The molecule has 5 heteroatoms. The van der Waals surface area contributed by atoms with E-state index in [2.05, 4.69) is 10.5 Å². The van der Waals surface area contributed by atoms with Crippen LogP contribution < -0.4 is 11.2 Å². The molecule has 0 aliphatic rings. The summed E-state index contributed by atoms with van der Waals surface area (Å²) in [4.78, 5) is 0. The Kier molecular flexibility index (Phi) is 3.06. The lowest BCUT2D eigenvalue weighted by atomic mass is 10.1. The Morgan fingerprint density at radius 3 is 2.71 bits per heavy atom. The van der Waals surface area contributed by atoms with E-state index in [9.17, 15) is 5.11 Å². The fourth-order valence-electron chi connectivity index (χ4n) is 0.984. The van der Waals surface area contributed by atoms with E-state index in [-0.39, 0.29) is 11.7 Å². The molecule has 0 atom stereocenters. The molecule has 0 amide bonds. The average Bonchev–Trinajstić information content (AvgIpc) is 2.15. The van der Waals surface area contributed by atoms with E-state index in [0.717, 1.165) is 0 Å². The first-order valence-corrected chi connectivity index (χ1v) is 4.04. The maximum Gasteiger partial charge on any atom is 0.206 e. The maximum absolute atomic E-state index is 9.45. The SMILES string of the molecule is C/C(=N/NC(=N)N)c1ccccc1O. The minimum Gasteiger partial charge on any atom is -0.507 e. The molecule has 5 nitrogen and oxygen atoms in total. The summed E-state index contributed by atoms with van der Waals surface area (Å²) in [5, 5.41) is 20.2. The maximum atomic E-state index is 9.45. The van der Waals surface area contributed by atoms with Crippen molar-refractivity contribution in [2.24, 2.45) is 10.8 Å². The van der Waals surface area contributed by atoms with Crippen molar-refractivity contribution in [3.63, 3.8) is 0 Å². The number of guanidine groups is 1. The highest BCUT2D eigenvalue weighted by Crippen LogP contribution is 2.15. The minimum absolute atomic E-state index is 0.152. The number of benzene rings is 1. The zero-order valence-electron chi connectivity index (χ0n) is 7.78. The Labute approximate surface area is 81.8 Å². The summed E-state index contributed by atoms with van der Waals surface area (Å²) in [5.74, 6) is -0.0844. The van der Waals surface area contributed by atoms with E-state index in [1.54, 1.807) is 31.2 Å². The van der Waals surface area contributed by atoms with Crippen LogP contribution in [0.5, 0.6) is 5.75 Å². The van der Waals surface area contributed by atoms with Gasteiger partial charge in [-0.1, -0.05) is 12.1 Å². The smallest absolute Gasteiger partial charge is 0.206 e. The molecule has 0 fully saturated rings. The number of phenolic OH excluding ortho intramolecular Hbond substituents is 1. The highest BCUT2D eigenvalue weighted by atomic mass is 16.3. The highest BCUT2D eigenvalue weighted by Gasteiger charge is 2.02. The summed E-state index contributed by atoms with van der Waals surface area (Å²) in [6.45, 7) is 1.71. The molecule has 0 spiro atoms. The molecule has 5 N–H and O–H groups in total. The third kappa shape index (κ3) is 2.48. The van der Waals surface area contributed by atoms with Crippen LogP contribution in [0.1, 0.15) is 12.5 Å². The largest absolute Gasteiger partial charge is 0.507 e. The fraction of sp³-hybridized carbons (Fsp3) is 0.111. The number of hydrogen-bond donors (Lipinski definition) is 4. The average molecular weight is 192 g/mol. The van der Waals surface area contributed by atoms with Gasteiger partial charge in [0.25, 0.3) is 0 Å². The van der Waals surface area contributed by atoms with Crippen LogP contribution in [0.3, 0.4) is 0 Å². The Balaban J connectivity index is 2.89. The lowest BCUT2D eigenvalue weighted by Crippen LogP contribution is -2.26. The molecule has 0 radical (unpaired) electrons. The molecular weight excluding hydrogens is 180 g/mol. The monoisotopic (exact) mass is 192 g/mol. The van der Waals surface area contributed by atoms with Gasteiger partial charge in [0.05, 0.1) is 5.71 Å². The third-order valence-corrected chi connectivity index (χ3v) is 1.64. The molecule has 0 aromatic heterocycles. The topological polar surface area (TPSA) is 94.5 Å². The predicted octanol–water partition coefficient (Wildman–Crippen LogP) is 0.599. The van der Waals surface area contributed by atoms with E-state index in [4.69, 9.17) is 11.1 Å². The van der Waals surface area contributed by atoms with Crippen molar-refractivity contribution < 1.29 is 5.11 Å². The summed E-state index contributed by atoms with van der Waals surface area (Å²) in [6, 6.07) is 6.82. The van der Waals surface area contributed by atoms with Gasteiger partial charge in [-0.2, -0.15) is 5.10 Å². The van der Waals surface area contributed by atoms with Gasteiger partial charge in [0, 0.05) is 5.56 Å². The zero-order chi connectivity index (χ0) is 10.6. The Morgan fingerprint density at radius 1 is 1.50 bits per heavy atom. The van der Waals surface area contributed by atoms with Gasteiger partial charge < -0.3 is 10.8 Å². The molecule has 0 unspecified atom stereocenters. The molecule has 14 heavy (non-hydrogen) atoms. The van der Waals surface area contributed by atoms with Gasteiger partial charge in [0.2, 0.25) is 5.96 Å². The van der Waals surface area contributed by atoms with Crippen molar-refractivity contribution in [1.82, 2.24) is 5.43 Å². The molecular formula is C9H12N4O. The number of nitrogens with one attached hydrogen (secondary N) is 2. The van der Waals surface area contributed by atoms with Crippen LogP contribution in [-0.2, 0) is 0 Å². The van der Waals surface area contributed by atoms with Crippen LogP contribution in [0.2, 0.25) is 0 Å². The lowest BCUT2D eigenvalue weighted by Gasteiger charge is -2.03. The molecule has 0 saturated heterocycles. The van der Waals surface area contributed by atoms with E-state index >= 15 is 0 Å². The van der Waals surface area contributed by atoms with Crippen LogP contribution in [0, 0.1) is 5.41 Å². The molecule has 0 saturated carbocycles. The van der Waals surface area contributed by atoms with Gasteiger partial charge in [-0.15, -0.1) is 0 Å². The van der Waals surface area contributed by atoms with Crippen LogP contribution >= 0.6 is 0 Å². The molecule has 1 rings (SSSR count). The van der Waals surface area contributed by atoms with Crippen LogP contribution in [0.15, 0.2) is 29.4 Å². The van der Waals surface area contributed by atoms with Gasteiger partial charge in [-0.3, -0.25) is 5.41 Å².